The van der Waals surface area contributed by atoms with E-state index in [1.165, 1.54) is 0 Å². The SMILES string of the molecule is CS(=O)(=O)Nc1cccc2c1ccn2C(CCc1ccccc1)(C(=O)O)c1ccc(Cl)cc1. The van der Waals surface area contributed by atoms with E-state index in [1.807, 2.05) is 30.3 Å². The molecule has 170 valence electrons. The lowest BCUT2D eigenvalue weighted by atomic mass is 9.83. The van der Waals surface area contributed by atoms with Gasteiger partial charge in [-0.3, -0.25) is 4.72 Å². The van der Waals surface area contributed by atoms with Crippen LogP contribution < -0.4 is 4.72 Å². The minimum absolute atomic E-state index is 0.279. The van der Waals surface area contributed by atoms with Crippen molar-refractivity contribution in [3.05, 3.63) is 101 Å². The highest BCUT2D eigenvalue weighted by atomic mass is 35.5. The predicted octanol–water partition coefficient (Wildman–Crippen LogP) is 5.13. The van der Waals surface area contributed by atoms with Gasteiger partial charge in [0.15, 0.2) is 5.54 Å². The number of aromatic nitrogens is 1. The van der Waals surface area contributed by atoms with E-state index in [-0.39, 0.29) is 6.42 Å². The van der Waals surface area contributed by atoms with Gasteiger partial charge >= 0.3 is 5.97 Å². The molecule has 8 heteroatoms. The first kappa shape index (κ1) is 22.9. The molecule has 0 aliphatic rings. The van der Waals surface area contributed by atoms with Crippen molar-refractivity contribution in [3.63, 3.8) is 0 Å². The summed E-state index contributed by atoms with van der Waals surface area (Å²) in [5.74, 6) is -1.01. The summed E-state index contributed by atoms with van der Waals surface area (Å²) in [6.07, 6.45) is 3.59. The molecule has 0 fully saturated rings. The van der Waals surface area contributed by atoms with Gasteiger partial charge < -0.3 is 9.67 Å². The number of carboxylic acid groups (broad SMARTS) is 1. The molecule has 1 heterocycles. The maximum atomic E-state index is 13.0. The van der Waals surface area contributed by atoms with Gasteiger partial charge in [0.25, 0.3) is 0 Å². The Hall–Kier alpha value is -3.29. The molecule has 0 aliphatic heterocycles. The highest BCUT2D eigenvalue weighted by molar-refractivity contribution is 7.92. The number of hydrogen-bond donors (Lipinski definition) is 2. The minimum Gasteiger partial charge on any atom is -0.479 e. The zero-order valence-corrected chi connectivity index (χ0v) is 19.5. The van der Waals surface area contributed by atoms with Gasteiger partial charge in [-0.15, -0.1) is 0 Å². The van der Waals surface area contributed by atoms with Gasteiger partial charge in [0.05, 0.1) is 17.5 Å². The Morgan fingerprint density at radius 3 is 2.33 bits per heavy atom. The number of rotatable bonds is 8. The van der Waals surface area contributed by atoms with Crippen LogP contribution in [0, 0.1) is 0 Å². The van der Waals surface area contributed by atoms with E-state index in [2.05, 4.69) is 4.72 Å². The number of aryl methyl sites for hydroxylation is 1. The van der Waals surface area contributed by atoms with Crippen LogP contribution in [-0.4, -0.2) is 30.3 Å². The second kappa shape index (κ2) is 8.92. The van der Waals surface area contributed by atoms with Crippen LogP contribution >= 0.6 is 11.6 Å². The van der Waals surface area contributed by atoms with Crippen LogP contribution in [0.1, 0.15) is 17.5 Å². The molecule has 0 saturated carbocycles. The topological polar surface area (TPSA) is 88.4 Å². The number of carbonyl (C=O) groups is 1. The van der Waals surface area contributed by atoms with Gasteiger partial charge in [-0.1, -0.05) is 60.1 Å². The number of anilines is 1. The average Bonchev–Trinajstić information content (AvgIpc) is 3.20. The van der Waals surface area contributed by atoms with Crippen molar-refractivity contribution in [2.45, 2.75) is 18.4 Å². The summed E-state index contributed by atoms with van der Waals surface area (Å²) in [7, 11) is -3.50. The van der Waals surface area contributed by atoms with Crippen molar-refractivity contribution in [1.29, 1.82) is 0 Å². The van der Waals surface area contributed by atoms with Crippen LogP contribution in [0.2, 0.25) is 5.02 Å². The number of benzene rings is 3. The van der Waals surface area contributed by atoms with Crippen molar-refractivity contribution >= 4 is 44.2 Å². The number of sulfonamides is 1. The molecule has 2 N–H and O–H groups in total. The van der Waals surface area contributed by atoms with Crippen molar-refractivity contribution in [1.82, 2.24) is 4.57 Å². The Bertz CT molecular complexity index is 1400. The number of nitrogens with one attached hydrogen (secondary N) is 1. The Morgan fingerprint density at radius 1 is 1.00 bits per heavy atom. The van der Waals surface area contributed by atoms with E-state index >= 15 is 0 Å². The zero-order valence-electron chi connectivity index (χ0n) is 17.9. The van der Waals surface area contributed by atoms with Gasteiger partial charge in [-0.05, 0) is 54.3 Å². The number of carboxylic acids is 1. The number of nitrogens with zero attached hydrogens (tertiary/aromatic N) is 1. The summed E-state index contributed by atoms with van der Waals surface area (Å²) in [6.45, 7) is 0. The van der Waals surface area contributed by atoms with E-state index in [0.717, 1.165) is 11.8 Å². The second-order valence-corrected chi connectivity index (χ2v) is 10.1. The third-order valence-corrected chi connectivity index (χ3v) is 6.58. The highest BCUT2D eigenvalue weighted by Crippen LogP contribution is 2.38. The van der Waals surface area contributed by atoms with Gasteiger partial charge in [0.1, 0.15) is 0 Å². The normalized spacial score (nSPS) is 13.5. The van der Waals surface area contributed by atoms with Gasteiger partial charge in [-0.2, -0.15) is 0 Å². The molecule has 1 atom stereocenters. The van der Waals surface area contributed by atoms with Crippen LogP contribution in [0.3, 0.4) is 0 Å². The quantitative estimate of drug-likeness (QED) is 0.364. The molecular formula is C25H23ClN2O4S. The van der Waals surface area contributed by atoms with E-state index in [9.17, 15) is 18.3 Å². The lowest BCUT2D eigenvalue weighted by Gasteiger charge is -2.33. The molecule has 0 aliphatic carbocycles. The molecular weight excluding hydrogens is 460 g/mol. The Balaban J connectivity index is 1.92. The first-order valence-corrected chi connectivity index (χ1v) is 12.6. The summed E-state index contributed by atoms with van der Waals surface area (Å²) in [5.41, 5.74) is 1.16. The summed E-state index contributed by atoms with van der Waals surface area (Å²) in [6, 6.07) is 23.4. The number of halogens is 1. The summed E-state index contributed by atoms with van der Waals surface area (Å²) in [4.78, 5) is 13.0. The van der Waals surface area contributed by atoms with Crippen LogP contribution in [0.15, 0.2) is 85.1 Å². The summed E-state index contributed by atoms with van der Waals surface area (Å²) in [5, 5.41) is 11.8. The largest absolute Gasteiger partial charge is 0.479 e. The standard InChI is InChI=1S/C25H23ClN2O4S/c1-33(31,32)27-22-8-5-9-23-21(22)15-17-28(23)25(24(29)30,19-10-12-20(26)13-11-19)16-14-18-6-3-2-4-7-18/h2-13,15,17,27H,14,16H2,1H3,(H,29,30). The first-order valence-electron chi connectivity index (χ1n) is 10.3. The maximum absolute atomic E-state index is 13.0. The smallest absolute Gasteiger partial charge is 0.334 e. The van der Waals surface area contributed by atoms with Crippen molar-refractivity contribution < 1.29 is 18.3 Å². The molecule has 4 aromatic rings. The van der Waals surface area contributed by atoms with E-state index in [0.29, 0.717) is 33.6 Å². The molecule has 33 heavy (non-hydrogen) atoms. The van der Waals surface area contributed by atoms with Crippen molar-refractivity contribution in [2.75, 3.05) is 11.0 Å². The van der Waals surface area contributed by atoms with Crippen molar-refractivity contribution in [3.8, 4) is 0 Å². The monoisotopic (exact) mass is 482 g/mol. The molecule has 0 bridgehead atoms. The van der Waals surface area contributed by atoms with Crippen molar-refractivity contribution in [2.24, 2.45) is 0 Å². The Labute approximate surface area is 197 Å². The maximum Gasteiger partial charge on any atom is 0.334 e. The fourth-order valence-corrected chi connectivity index (χ4v) is 4.93. The number of fused-ring (bicyclic) bond motifs is 1. The lowest BCUT2D eigenvalue weighted by molar-refractivity contribution is -0.145. The van der Waals surface area contributed by atoms with Crippen LogP contribution in [0.5, 0.6) is 0 Å². The van der Waals surface area contributed by atoms with Crippen LogP contribution in [0.25, 0.3) is 10.9 Å². The molecule has 1 unspecified atom stereocenters. The first-order chi connectivity index (χ1) is 15.7. The minimum atomic E-state index is -3.50. The third kappa shape index (κ3) is 4.60. The predicted molar refractivity (Wildman–Crippen MR) is 131 cm³/mol. The van der Waals surface area contributed by atoms with Crippen LogP contribution in [0.4, 0.5) is 5.69 Å². The molecule has 1 aromatic heterocycles. The highest BCUT2D eigenvalue weighted by Gasteiger charge is 2.42. The average molecular weight is 483 g/mol. The van der Waals surface area contributed by atoms with Gasteiger partial charge in [0, 0.05) is 16.6 Å². The number of aliphatic carboxylic acids is 1. The Morgan fingerprint density at radius 2 is 1.70 bits per heavy atom. The van der Waals surface area contributed by atoms with E-state index < -0.39 is 21.5 Å². The third-order valence-electron chi connectivity index (χ3n) is 5.73. The molecule has 0 radical (unpaired) electrons. The lowest BCUT2D eigenvalue weighted by Crippen LogP contribution is -2.43. The van der Waals surface area contributed by atoms with Gasteiger partial charge in [-0.25, -0.2) is 13.2 Å². The summed E-state index contributed by atoms with van der Waals surface area (Å²) >= 11 is 6.10. The fraction of sp³-hybridized carbons (Fsp3) is 0.160. The molecule has 0 spiro atoms. The molecule has 0 saturated heterocycles. The zero-order chi connectivity index (χ0) is 23.6. The Kier molecular flexibility index (Phi) is 6.19. The van der Waals surface area contributed by atoms with E-state index in [4.69, 9.17) is 11.6 Å². The summed E-state index contributed by atoms with van der Waals surface area (Å²) < 4.78 is 27.9. The van der Waals surface area contributed by atoms with E-state index in [1.54, 1.807) is 59.3 Å². The van der Waals surface area contributed by atoms with Gasteiger partial charge in [0.2, 0.25) is 10.0 Å². The molecule has 0 amide bonds. The number of hydrogen-bond acceptors (Lipinski definition) is 3. The second-order valence-electron chi connectivity index (χ2n) is 7.96. The molecule has 6 nitrogen and oxygen atoms in total. The van der Waals surface area contributed by atoms with Crippen LogP contribution in [-0.2, 0) is 26.8 Å². The molecule has 3 aromatic carbocycles. The molecule has 4 rings (SSSR count). The fourth-order valence-electron chi connectivity index (χ4n) is 4.22.